The van der Waals surface area contributed by atoms with Crippen LogP contribution >= 0.6 is 11.8 Å². The van der Waals surface area contributed by atoms with Gasteiger partial charge in [0.2, 0.25) is 0 Å². The lowest BCUT2D eigenvalue weighted by Gasteiger charge is -2.05. The van der Waals surface area contributed by atoms with Crippen molar-refractivity contribution in [2.24, 2.45) is 5.92 Å². The molecule has 0 aliphatic rings. The number of rotatable bonds is 5. The topological polar surface area (TPSA) is 0 Å². The van der Waals surface area contributed by atoms with E-state index in [4.69, 9.17) is 6.42 Å². The average Bonchev–Trinajstić information content (AvgIpc) is 2.28. The number of benzene rings is 1. The Kier molecular flexibility index (Phi) is 5.36. The normalized spacial score (nSPS) is 12.1. The molecule has 0 amide bonds. The molecule has 0 nitrogen and oxygen atoms in total. The second-order valence-corrected chi connectivity index (χ2v) is 4.93. The lowest BCUT2D eigenvalue weighted by atomic mass is 10.0. The van der Waals surface area contributed by atoms with E-state index >= 15 is 0 Å². The summed E-state index contributed by atoms with van der Waals surface area (Å²) in [5, 5.41) is 0. The standard InChI is InChI=1S/C14H18S/c1-4-10-15-14-8-6-13(7-9-14)11-12(3)5-2/h2,6-9,12H,4,10-11H2,1,3H3. The van der Waals surface area contributed by atoms with E-state index in [0.717, 1.165) is 6.42 Å². The third-order valence-electron chi connectivity index (χ3n) is 2.22. The monoisotopic (exact) mass is 218 g/mol. The zero-order valence-corrected chi connectivity index (χ0v) is 10.3. The highest BCUT2D eigenvalue weighted by molar-refractivity contribution is 7.99. The van der Waals surface area contributed by atoms with Crippen LogP contribution in [-0.4, -0.2) is 5.75 Å². The first-order valence-electron chi connectivity index (χ1n) is 5.44. The highest BCUT2D eigenvalue weighted by Crippen LogP contribution is 2.20. The molecule has 0 heterocycles. The van der Waals surface area contributed by atoms with Crippen molar-refractivity contribution in [2.75, 3.05) is 5.75 Å². The molecule has 0 bridgehead atoms. The maximum atomic E-state index is 5.36. The molecule has 1 heteroatoms. The van der Waals surface area contributed by atoms with Crippen molar-refractivity contribution < 1.29 is 0 Å². The molecule has 80 valence electrons. The molecule has 0 aliphatic carbocycles. The Morgan fingerprint density at radius 2 is 2.00 bits per heavy atom. The molecule has 0 N–H and O–H groups in total. The third-order valence-corrected chi connectivity index (χ3v) is 3.44. The fourth-order valence-electron chi connectivity index (χ4n) is 1.35. The van der Waals surface area contributed by atoms with Gasteiger partial charge in [-0.3, -0.25) is 0 Å². The van der Waals surface area contributed by atoms with Gasteiger partial charge in [-0.1, -0.05) is 26.0 Å². The summed E-state index contributed by atoms with van der Waals surface area (Å²) in [6.45, 7) is 4.29. The van der Waals surface area contributed by atoms with Gasteiger partial charge < -0.3 is 0 Å². The average molecular weight is 218 g/mol. The SMILES string of the molecule is C#CC(C)Cc1ccc(SCCC)cc1. The quantitative estimate of drug-likeness (QED) is 0.532. The summed E-state index contributed by atoms with van der Waals surface area (Å²) in [6, 6.07) is 8.76. The summed E-state index contributed by atoms with van der Waals surface area (Å²) >= 11 is 1.91. The fraction of sp³-hybridized carbons (Fsp3) is 0.429. The van der Waals surface area contributed by atoms with Gasteiger partial charge in [-0.15, -0.1) is 24.1 Å². The van der Waals surface area contributed by atoms with Crippen LogP contribution in [0.1, 0.15) is 25.8 Å². The molecule has 1 unspecified atom stereocenters. The molecule has 0 saturated heterocycles. The summed E-state index contributed by atoms with van der Waals surface area (Å²) in [4.78, 5) is 1.36. The van der Waals surface area contributed by atoms with Crippen LogP contribution < -0.4 is 0 Å². The molecule has 1 aromatic carbocycles. The van der Waals surface area contributed by atoms with Crippen LogP contribution in [-0.2, 0) is 6.42 Å². The predicted octanol–water partition coefficient (Wildman–Crippen LogP) is 4.00. The summed E-state index contributed by atoms with van der Waals surface area (Å²) in [5.41, 5.74) is 1.33. The summed E-state index contributed by atoms with van der Waals surface area (Å²) in [6.07, 6.45) is 7.57. The van der Waals surface area contributed by atoms with Crippen molar-refractivity contribution in [3.05, 3.63) is 29.8 Å². The molecule has 1 rings (SSSR count). The Balaban J connectivity index is 2.53. The Hall–Kier alpha value is -0.870. The first-order valence-corrected chi connectivity index (χ1v) is 6.42. The molecule has 1 atom stereocenters. The molecule has 1 aromatic rings. The number of thioether (sulfide) groups is 1. The van der Waals surface area contributed by atoms with E-state index in [9.17, 15) is 0 Å². The van der Waals surface area contributed by atoms with Crippen LogP contribution in [0.5, 0.6) is 0 Å². The van der Waals surface area contributed by atoms with Crippen LogP contribution in [0.3, 0.4) is 0 Å². The van der Waals surface area contributed by atoms with Crippen molar-refractivity contribution >= 4 is 11.8 Å². The van der Waals surface area contributed by atoms with E-state index < -0.39 is 0 Å². The van der Waals surface area contributed by atoms with Crippen molar-refractivity contribution in [3.63, 3.8) is 0 Å². The lowest BCUT2D eigenvalue weighted by molar-refractivity contribution is 0.750. The van der Waals surface area contributed by atoms with Crippen molar-refractivity contribution in [2.45, 2.75) is 31.6 Å². The highest BCUT2D eigenvalue weighted by atomic mass is 32.2. The van der Waals surface area contributed by atoms with E-state index in [1.807, 2.05) is 11.8 Å². The molecular weight excluding hydrogens is 200 g/mol. The van der Waals surface area contributed by atoms with E-state index in [0.29, 0.717) is 5.92 Å². The lowest BCUT2D eigenvalue weighted by Crippen LogP contribution is -1.95. The van der Waals surface area contributed by atoms with Gasteiger partial charge in [0.25, 0.3) is 0 Å². The van der Waals surface area contributed by atoms with Gasteiger partial charge in [0.05, 0.1) is 0 Å². The molecule has 0 spiro atoms. The van der Waals surface area contributed by atoms with Crippen LogP contribution in [0.15, 0.2) is 29.2 Å². The predicted molar refractivity (Wildman–Crippen MR) is 69.2 cm³/mol. The second kappa shape index (κ2) is 6.58. The fourth-order valence-corrected chi connectivity index (χ4v) is 2.12. The molecule has 0 aliphatic heterocycles. The van der Waals surface area contributed by atoms with Gasteiger partial charge in [-0.25, -0.2) is 0 Å². The van der Waals surface area contributed by atoms with E-state index in [2.05, 4.69) is 44.0 Å². The van der Waals surface area contributed by atoms with Crippen molar-refractivity contribution in [1.29, 1.82) is 0 Å². The maximum Gasteiger partial charge on any atom is 0.0212 e. The summed E-state index contributed by atoms with van der Waals surface area (Å²) < 4.78 is 0. The van der Waals surface area contributed by atoms with Crippen LogP contribution in [0.4, 0.5) is 0 Å². The Morgan fingerprint density at radius 3 is 2.53 bits per heavy atom. The first kappa shape index (κ1) is 12.2. The number of hydrogen-bond donors (Lipinski definition) is 0. The highest BCUT2D eigenvalue weighted by Gasteiger charge is 1.99. The molecule has 0 saturated carbocycles. The van der Waals surface area contributed by atoms with Crippen LogP contribution in [0.25, 0.3) is 0 Å². The minimum absolute atomic E-state index is 0.333. The van der Waals surface area contributed by atoms with Gasteiger partial charge in [-0.05, 0) is 36.3 Å². The van der Waals surface area contributed by atoms with E-state index in [1.165, 1.54) is 22.6 Å². The van der Waals surface area contributed by atoms with Gasteiger partial charge in [0, 0.05) is 10.8 Å². The summed E-state index contributed by atoms with van der Waals surface area (Å²) in [7, 11) is 0. The zero-order valence-electron chi connectivity index (χ0n) is 9.49. The smallest absolute Gasteiger partial charge is 0.0212 e. The Morgan fingerprint density at radius 1 is 1.33 bits per heavy atom. The molecule has 0 radical (unpaired) electrons. The Bertz CT molecular complexity index is 318. The van der Waals surface area contributed by atoms with Gasteiger partial charge in [-0.2, -0.15) is 0 Å². The van der Waals surface area contributed by atoms with Gasteiger partial charge in [0.1, 0.15) is 0 Å². The first-order chi connectivity index (χ1) is 7.26. The van der Waals surface area contributed by atoms with Gasteiger partial charge in [0.15, 0.2) is 0 Å². The molecule has 15 heavy (non-hydrogen) atoms. The zero-order chi connectivity index (χ0) is 11.1. The van der Waals surface area contributed by atoms with Crippen LogP contribution in [0, 0.1) is 18.3 Å². The van der Waals surface area contributed by atoms with Gasteiger partial charge >= 0.3 is 0 Å². The van der Waals surface area contributed by atoms with Crippen molar-refractivity contribution in [3.8, 4) is 12.3 Å². The van der Waals surface area contributed by atoms with Crippen molar-refractivity contribution in [1.82, 2.24) is 0 Å². The second-order valence-electron chi connectivity index (χ2n) is 3.76. The maximum absolute atomic E-state index is 5.36. The molecule has 0 aromatic heterocycles. The Labute approximate surface area is 97.5 Å². The molecule has 0 fully saturated rings. The number of terminal acetylenes is 1. The number of hydrogen-bond acceptors (Lipinski definition) is 1. The molecular formula is C14H18S. The largest absolute Gasteiger partial charge is 0.126 e. The third kappa shape index (κ3) is 4.44. The minimum Gasteiger partial charge on any atom is -0.126 e. The van der Waals surface area contributed by atoms with E-state index in [1.54, 1.807) is 0 Å². The van der Waals surface area contributed by atoms with Crippen LogP contribution in [0.2, 0.25) is 0 Å². The summed E-state index contributed by atoms with van der Waals surface area (Å²) in [5.74, 6) is 4.28. The van der Waals surface area contributed by atoms with E-state index in [-0.39, 0.29) is 0 Å². The minimum atomic E-state index is 0.333.